The molecule has 3 aromatic rings. The molecule has 2 aliphatic rings. The van der Waals surface area contributed by atoms with E-state index in [-0.39, 0.29) is 17.9 Å². The van der Waals surface area contributed by atoms with Gasteiger partial charge < -0.3 is 14.8 Å². The lowest BCUT2D eigenvalue weighted by atomic mass is 9.90. The maximum atomic E-state index is 12.2. The molecule has 1 N–H and O–H groups in total. The number of nitrogens with zero attached hydrogens (tertiary/aromatic N) is 4. The molecule has 6 heteroatoms. The first kappa shape index (κ1) is 20.9. The van der Waals surface area contributed by atoms with Gasteiger partial charge in [-0.15, -0.1) is 10.2 Å². The summed E-state index contributed by atoms with van der Waals surface area (Å²) < 4.78 is 2.22. The standard InChI is InChI=1S/C26H31N5O/c1-19(27-26(32)22-12-13-22)25-29-28-24-14-15-30(16-17-31(24)25)18-23(20-8-4-2-5-9-20)21-10-6-3-7-11-21/h2-11,19,22-23H,12-18H2,1H3,(H,27,32). The number of benzene rings is 2. The summed E-state index contributed by atoms with van der Waals surface area (Å²) in [7, 11) is 0. The van der Waals surface area contributed by atoms with Crippen LogP contribution in [-0.4, -0.2) is 45.2 Å². The first-order chi connectivity index (χ1) is 15.7. The number of amides is 1. The molecule has 1 aromatic heterocycles. The first-order valence-corrected chi connectivity index (χ1v) is 11.7. The number of hydrogen-bond donors (Lipinski definition) is 1. The van der Waals surface area contributed by atoms with Crippen LogP contribution < -0.4 is 5.32 Å². The summed E-state index contributed by atoms with van der Waals surface area (Å²) in [6.45, 7) is 5.73. The lowest BCUT2D eigenvalue weighted by Crippen LogP contribution is -2.33. The molecule has 166 valence electrons. The van der Waals surface area contributed by atoms with Crippen LogP contribution in [-0.2, 0) is 17.8 Å². The summed E-state index contributed by atoms with van der Waals surface area (Å²) in [6, 6.07) is 21.5. The van der Waals surface area contributed by atoms with Crippen LogP contribution >= 0.6 is 0 Å². The van der Waals surface area contributed by atoms with Crippen molar-refractivity contribution in [3.05, 3.63) is 83.4 Å². The van der Waals surface area contributed by atoms with Gasteiger partial charge in [-0.05, 0) is 30.9 Å². The molecule has 1 atom stereocenters. The van der Waals surface area contributed by atoms with Crippen molar-refractivity contribution in [3.63, 3.8) is 0 Å². The second-order valence-electron chi connectivity index (χ2n) is 9.06. The van der Waals surface area contributed by atoms with Crippen molar-refractivity contribution < 1.29 is 4.79 Å². The minimum Gasteiger partial charge on any atom is -0.346 e. The van der Waals surface area contributed by atoms with E-state index in [0.717, 1.165) is 57.1 Å². The lowest BCUT2D eigenvalue weighted by molar-refractivity contribution is -0.123. The third kappa shape index (κ3) is 4.60. The van der Waals surface area contributed by atoms with Gasteiger partial charge in [0.25, 0.3) is 0 Å². The maximum Gasteiger partial charge on any atom is 0.223 e. The van der Waals surface area contributed by atoms with Gasteiger partial charge in [0.05, 0.1) is 6.04 Å². The van der Waals surface area contributed by atoms with E-state index in [9.17, 15) is 4.79 Å². The van der Waals surface area contributed by atoms with Crippen LogP contribution in [0.4, 0.5) is 0 Å². The summed E-state index contributed by atoms with van der Waals surface area (Å²) in [5.41, 5.74) is 2.69. The fourth-order valence-electron chi connectivity index (χ4n) is 4.67. The molecule has 32 heavy (non-hydrogen) atoms. The SMILES string of the molecule is CC(NC(=O)C1CC1)c1nnc2n1CCN(CC(c1ccccc1)c1ccccc1)CC2. The largest absolute Gasteiger partial charge is 0.346 e. The van der Waals surface area contributed by atoms with Gasteiger partial charge in [0.15, 0.2) is 5.82 Å². The van der Waals surface area contributed by atoms with E-state index < -0.39 is 0 Å². The molecular formula is C26H31N5O. The normalized spacial score (nSPS) is 17.6. The Morgan fingerprint density at radius 2 is 1.62 bits per heavy atom. The zero-order valence-corrected chi connectivity index (χ0v) is 18.7. The number of nitrogens with one attached hydrogen (secondary N) is 1. The predicted molar refractivity (Wildman–Crippen MR) is 124 cm³/mol. The van der Waals surface area contributed by atoms with Crippen LogP contribution in [0.3, 0.4) is 0 Å². The Morgan fingerprint density at radius 3 is 2.25 bits per heavy atom. The molecule has 1 aliphatic heterocycles. The van der Waals surface area contributed by atoms with Crippen molar-refractivity contribution in [2.75, 3.05) is 19.6 Å². The summed E-state index contributed by atoms with van der Waals surface area (Å²) >= 11 is 0. The van der Waals surface area contributed by atoms with Crippen LogP contribution in [0, 0.1) is 5.92 Å². The molecule has 0 spiro atoms. The molecule has 6 nitrogen and oxygen atoms in total. The van der Waals surface area contributed by atoms with Gasteiger partial charge in [0.2, 0.25) is 5.91 Å². The van der Waals surface area contributed by atoms with Crippen LogP contribution in [0.2, 0.25) is 0 Å². The van der Waals surface area contributed by atoms with Crippen LogP contribution in [0.15, 0.2) is 60.7 Å². The number of carbonyl (C=O) groups excluding carboxylic acids is 1. The molecule has 5 rings (SSSR count). The molecule has 0 radical (unpaired) electrons. The molecule has 1 unspecified atom stereocenters. The van der Waals surface area contributed by atoms with E-state index in [4.69, 9.17) is 0 Å². The zero-order valence-electron chi connectivity index (χ0n) is 18.7. The molecule has 1 aliphatic carbocycles. The quantitative estimate of drug-likeness (QED) is 0.624. The molecule has 1 fully saturated rings. The van der Waals surface area contributed by atoms with Crippen LogP contribution in [0.5, 0.6) is 0 Å². The number of aromatic nitrogens is 3. The number of fused-ring (bicyclic) bond motifs is 1. The minimum atomic E-state index is -0.114. The topological polar surface area (TPSA) is 63.1 Å². The van der Waals surface area contributed by atoms with Gasteiger partial charge in [-0.1, -0.05) is 60.7 Å². The highest BCUT2D eigenvalue weighted by atomic mass is 16.2. The highest BCUT2D eigenvalue weighted by Gasteiger charge is 2.32. The van der Waals surface area contributed by atoms with Crippen molar-refractivity contribution in [1.29, 1.82) is 0 Å². The lowest BCUT2D eigenvalue weighted by Gasteiger charge is -2.27. The number of carbonyl (C=O) groups is 1. The average Bonchev–Trinajstić information content (AvgIpc) is 3.63. The van der Waals surface area contributed by atoms with Gasteiger partial charge >= 0.3 is 0 Å². The smallest absolute Gasteiger partial charge is 0.223 e. The fraction of sp³-hybridized carbons (Fsp3) is 0.423. The Hall–Kier alpha value is -2.99. The Labute approximate surface area is 189 Å². The van der Waals surface area contributed by atoms with Crippen molar-refractivity contribution in [3.8, 4) is 0 Å². The molecule has 1 saturated carbocycles. The van der Waals surface area contributed by atoms with E-state index in [2.05, 4.69) is 85.6 Å². The summed E-state index contributed by atoms with van der Waals surface area (Å²) in [4.78, 5) is 14.8. The second-order valence-corrected chi connectivity index (χ2v) is 9.06. The van der Waals surface area contributed by atoms with Crippen LogP contribution in [0.25, 0.3) is 0 Å². The van der Waals surface area contributed by atoms with Crippen molar-refractivity contribution in [1.82, 2.24) is 25.0 Å². The zero-order chi connectivity index (χ0) is 21.9. The molecule has 2 aromatic carbocycles. The Balaban J connectivity index is 1.30. The van der Waals surface area contributed by atoms with Gasteiger partial charge in [-0.25, -0.2) is 0 Å². The maximum absolute atomic E-state index is 12.2. The van der Waals surface area contributed by atoms with Gasteiger partial charge in [-0.3, -0.25) is 4.79 Å². The minimum absolute atomic E-state index is 0.114. The molecular weight excluding hydrogens is 398 g/mol. The summed E-state index contributed by atoms with van der Waals surface area (Å²) in [6.07, 6.45) is 2.89. The van der Waals surface area contributed by atoms with Crippen molar-refractivity contribution >= 4 is 5.91 Å². The first-order valence-electron chi connectivity index (χ1n) is 11.7. The Bertz CT molecular complexity index is 1010. The highest BCUT2D eigenvalue weighted by Crippen LogP contribution is 2.30. The Kier molecular flexibility index (Phi) is 6.04. The van der Waals surface area contributed by atoms with Gasteiger partial charge in [0, 0.05) is 44.4 Å². The third-order valence-electron chi connectivity index (χ3n) is 6.69. The number of hydrogen-bond acceptors (Lipinski definition) is 4. The van der Waals surface area contributed by atoms with E-state index in [0.29, 0.717) is 5.92 Å². The fourth-order valence-corrected chi connectivity index (χ4v) is 4.67. The molecule has 2 heterocycles. The van der Waals surface area contributed by atoms with E-state index in [1.807, 2.05) is 6.92 Å². The predicted octanol–water partition coefficient (Wildman–Crippen LogP) is 3.56. The third-order valence-corrected chi connectivity index (χ3v) is 6.69. The van der Waals surface area contributed by atoms with Gasteiger partial charge in [0.1, 0.15) is 5.82 Å². The van der Waals surface area contributed by atoms with Crippen LogP contribution in [0.1, 0.15) is 54.5 Å². The highest BCUT2D eigenvalue weighted by molar-refractivity contribution is 5.81. The molecule has 0 saturated heterocycles. The van der Waals surface area contributed by atoms with Gasteiger partial charge in [-0.2, -0.15) is 0 Å². The van der Waals surface area contributed by atoms with E-state index >= 15 is 0 Å². The second kappa shape index (κ2) is 9.25. The number of rotatable bonds is 7. The molecule has 1 amide bonds. The Morgan fingerprint density at radius 1 is 0.969 bits per heavy atom. The van der Waals surface area contributed by atoms with E-state index in [1.54, 1.807) is 0 Å². The monoisotopic (exact) mass is 429 g/mol. The van der Waals surface area contributed by atoms with Crippen molar-refractivity contribution in [2.24, 2.45) is 5.92 Å². The average molecular weight is 430 g/mol. The van der Waals surface area contributed by atoms with Crippen molar-refractivity contribution in [2.45, 2.75) is 44.7 Å². The summed E-state index contributed by atoms with van der Waals surface area (Å²) in [5, 5.41) is 12.0. The summed E-state index contributed by atoms with van der Waals surface area (Å²) in [5.74, 6) is 2.58. The van der Waals surface area contributed by atoms with E-state index in [1.165, 1.54) is 11.1 Å². The molecule has 0 bridgehead atoms.